The first-order valence-electron chi connectivity index (χ1n) is 3.72. The summed E-state index contributed by atoms with van der Waals surface area (Å²) in [6.07, 6.45) is -5.85. The minimum Gasteiger partial charge on any atom is -0.286 e. The number of ketones is 1. The van der Waals surface area contributed by atoms with E-state index in [0.29, 0.717) is 16.2 Å². The van der Waals surface area contributed by atoms with Gasteiger partial charge >= 0.3 is 12.1 Å². The fourth-order valence-corrected chi connectivity index (χ4v) is 1.68. The maximum Gasteiger partial charge on any atom is 0.461 e. The maximum absolute atomic E-state index is 12.6. The van der Waals surface area contributed by atoms with Gasteiger partial charge in [0, 0.05) is 4.88 Å². The molecule has 1 rings (SSSR count). The zero-order chi connectivity index (χ0) is 11.9. The normalized spacial score (nSPS) is 12.9. The Morgan fingerprint density at radius 1 is 1.20 bits per heavy atom. The van der Waals surface area contributed by atoms with Crippen molar-refractivity contribution in [1.82, 2.24) is 0 Å². The van der Waals surface area contributed by atoms with Crippen molar-refractivity contribution in [3.63, 3.8) is 0 Å². The summed E-state index contributed by atoms with van der Waals surface area (Å²) in [5, 5.41) is 0. The molecule has 1 nitrogen and oxygen atoms in total. The second-order valence-electron chi connectivity index (χ2n) is 2.81. The number of rotatable bonds is 2. The first-order valence-corrected chi connectivity index (χ1v) is 4.53. The molecule has 0 saturated heterocycles. The van der Waals surface area contributed by atoms with Crippen LogP contribution in [0.15, 0.2) is 12.1 Å². The molecule has 0 bridgehead atoms. The summed E-state index contributed by atoms with van der Waals surface area (Å²) < 4.78 is 60.5. The Labute approximate surface area is 85.5 Å². The van der Waals surface area contributed by atoms with Gasteiger partial charge in [-0.1, -0.05) is 0 Å². The zero-order valence-corrected chi connectivity index (χ0v) is 8.18. The van der Waals surface area contributed by atoms with E-state index >= 15 is 0 Å². The van der Waals surface area contributed by atoms with Crippen LogP contribution in [0.5, 0.6) is 0 Å². The standard InChI is InChI=1S/C8H5F5OS/c1-4-2-3-5(15-4)6(14)7(9,10)8(11,12)13/h2-3H,1H3. The second-order valence-corrected chi connectivity index (χ2v) is 4.10. The molecule has 1 aromatic rings. The van der Waals surface area contributed by atoms with Gasteiger partial charge in [0.15, 0.2) is 0 Å². The van der Waals surface area contributed by atoms with Crippen LogP contribution in [0.3, 0.4) is 0 Å². The summed E-state index contributed by atoms with van der Waals surface area (Å²) in [6, 6.07) is 2.27. The third-order valence-corrected chi connectivity index (χ3v) is 2.60. The summed E-state index contributed by atoms with van der Waals surface area (Å²) in [7, 11) is 0. The predicted octanol–water partition coefficient (Wildman–Crippen LogP) is 3.44. The quantitative estimate of drug-likeness (QED) is 0.575. The van der Waals surface area contributed by atoms with Crippen molar-refractivity contribution in [3.05, 3.63) is 21.9 Å². The van der Waals surface area contributed by atoms with Gasteiger partial charge in [0.25, 0.3) is 5.78 Å². The number of hydrogen-bond donors (Lipinski definition) is 0. The van der Waals surface area contributed by atoms with E-state index in [0.717, 1.165) is 6.07 Å². The number of carbonyl (C=O) groups is 1. The number of aryl methyl sites for hydroxylation is 1. The lowest BCUT2D eigenvalue weighted by Crippen LogP contribution is -2.43. The SMILES string of the molecule is Cc1ccc(C(=O)C(F)(F)C(F)(F)F)s1. The topological polar surface area (TPSA) is 17.1 Å². The molecule has 0 N–H and O–H groups in total. The van der Waals surface area contributed by atoms with Gasteiger partial charge in [-0.05, 0) is 19.1 Å². The Bertz CT molecular complexity index is 379. The minimum atomic E-state index is -5.85. The number of hydrogen-bond acceptors (Lipinski definition) is 2. The van der Waals surface area contributed by atoms with Gasteiger partial charge in [0.05, 0.1) is 4.88 Å². The van der Waals surface area contributed by atoms with E-state index in [2.05, 4.69) is 0 Å². The predicted molar refractivity (Wildman–Crippen MR) is 44.4 cm³/mol. The van der Waals surface area contributed by atoms with Gasteiger partial charge in [-0.15, -0.1) is 11.3 Å². The highest BCUT2D eigenvalue weighted by Gasteiger charge is 2.63. The summed E-state index contributed by atoms with van der Waals surface area (Å²) in [5.41, 5.74) is 0. The number of thiophene rings is 1. The van der Waals surface area contributed by atoms with Gasteiger partial charge in [0.1, 0.15) is 0 Å². The molecule has 1 aromatic heterocycles. The molecule has 0 aliphatic heterocycles. The number of Topliss-reactive ketones (excluding diaryl/α,β-unsaturated/α-hetero) is 1. The second kappa shape index (κ2) is 3.55. The Balaban J connectivity index is 3.05. The van der Waals surface area contributed by atoms with E-state index in [1.165, 1.54) is 13.0 Å². The van der Waals surface area contributed by atoms with E-state index < -0.39 is 22.8 Å². The molecule has 0 aliphatic carbocycles. The lowest BCUT2D eigenvalue weighted by molar-refractivity contribution is -0.255. The lowest BCUT2D eigenvalue weighted by atomic mass is 10.2. The molecule has 15 heavy (non-hydrogen) atoms. The molecular weight excluding hydrogens is 239 g/mol. The highest BCUT2D eigenvalue weighted by molar-refractivity contribution is 7.14. The van der Waals surface area contributed by atoms with Crippen LogP contribution >= 0.6 is 11.3 Å². The van der Waals surface area contributed by atoms with Gasteiger partial charge in [-0.25, -0.2) is 0 Å². The van der Waals surface area contributed by atoms with Crippen LogP contribution in [0.2, 0.25) is 0 Å². The Hall–Kier alpha value is -0.980. The highest BCUT2D eigenvalue weighted by atomic mass is 32.1. The fraction of sp³-hybridized carbons (Fsp3) is 0.375. The Kier molecular flexibility index (Phi) is 2.86. The van der Waals surface area contributed by atoms with Gasteiger partial charge < -0.3 is 0 Å². The van der Waals surface area contributed by atoms with Crippen LogP contribution in [-0.2, 0) is 0 Å². The lowest BCUT2D eigenvalue weighted by Gasteiger charge is -2.16. The van der Waals surface area contributed by atoms with E-state index in [1.54, 1.807) is 0 Å². The molecule has 0 unspecified atom stereocenters. The minimum absolute atomic E-state index is 0.497. The van der Waals surface area contributed by atoms with Gasteiger partial charge in [-0.2, -0.15) is 22.0 Å². The molecular formula is C8H5F5OS. The molecule has 84 valence electrons. The third kappa shape index (κ3) is 2.17. The van der Waals surface area contributed by atoms with Crippen molar-refractivity contribution >= 4 is 17.1 Å². The summed E-state index contributed by atoms with van der Waals surface area (Å²) in [5.74, 6) is -7.52. The van der Waals surface area contributed by atoms with Crippen LogP contribution < -0.4 is 0 Å². The molecule has 7 heteroatoms. The van der Waals surface area contributed by atoms with E-state index in [4.69, 9.17) is 0 Å². The van der Waals surface area contributed by atoms with Crippen molar-refractivity contribution in [2.75, 3.05) is 0 Å². The summed E-state index contributed by atoms with van der Waals surface area (Å²) in [4.78, 5) is 10.8. The molecule has 0 aromatic carbocycles. The van der Waals surface area contributed by atoms with Crippen LogP contribution in [0.1, 0.15) is 14.5 Å². The average molecular weight is 244 g/mol. The average Bonchev–Trinajstić information content (AvgIpc) is 2.48. The van der Waals surface area contributed by atoms with Gasteiger partial charge in [-0.3, -0.25) is 4.79 Å². The van der Waals surface area contributed by atoms with Crippen molar-refractivity contribution < 1.29 is 26.7 Å². The molecule has 0 atom stereocenters. The Morgan fingerprint density at radius 2 is 1.73 bits per heavy atom. The van der Waals surface area contributed by atoms with Crippen molar-refractivity contribution in [3.8, 4) is 0 Å². The van der Waals surface area contributed by atoms with E-state index in [-0.39, 0.29) is 0 Å². The number of alkyl halides is 5. The van der Waals surface area contributed by atoms with Crippen LogP contribution in [0.25, 0.3) is 0 Å². The fourth-order valence-electron chi connectivity index (χ4n) is 0.840. The zero-order valence-electron chi connectivity index (χ0n) is 7.36. The number of carbonyl (C=O) groups excluding carboxylic acids is 1. The monoisotopic (exact) mass is 244 g/mol. The summed E-state index contributed by atoms with van der Waals surface area (Å²) in [6.45, 7) is 1.51. The molecule has 0 spiro atoms. The Morgan fingerprint density at radius 3 is 2.07 bits per heavy atom. The maximum atomic E-state index is 12.6. The number of halogens is 5. The van der Waals surface area contributed by atoms with Crippen molar-refractivity contribution in [2.45, 2.75) is 19.0 Å². The van der Waals surface area contributed by atoms with E-state index in [1.807, 2.05) is 0 Å². The van der Waals surface area contributed by atoms with Crippen LogP contribution in [0, 0.1) is 6.92 Å². The highest BCUT2D eigenvalue weighted by Crippen LogP contribution is 2.38. The molecule has 0 radical (unpaired) electrons. The first kappa shape index (κ1) is 12.1. The largest absolute Gasteiger partial charge is 0.461 e. The first-order chi connectivity index (χ1) is 6.66. The third-order valence-electron chi connectivity index (χ3n) is 1.61. The molecule has 0 saturated carbocycles. The van der Waals surface area contributed by atoms with Crippen LogP contribution in [-0.4, -0.2) is 17.9 Å². The molecule has 1 heterocycles. The van der Waals surface area contributed by atoms with E-state index in [9.17, 15) is 26.7 Å². The molecule has 0 aliphatic rings. The van der Waals surface area contributed by atoms with Crippen molar-refractivity contribution in [2.24, 2.45) is 0 Å². The smallest absolute Gasteiger partial charge is 0.286 e. The molecule has 0 fully saturated rings. The van der Waals surface area contributed by atoms with Gasteiger partial charge in [0.2, 0.25) is 0 Å². The summed E-state index contributed by atoms with van der Waals surface area (Å²) >= 11 is 0.609. The van der Waals surface area contributed by atoms with Crippen molar-refractivity contribution in [1.29, 1.82) is 0 Å². The molecule has 0 amide bonds. The van der Waals surface area contributed by atoms with Crippen LogP contribution in [0.4, 0.5) is 22.0 Å².